The molecule has 0 rings (SSSR count). The Labute approximate surface area is 62.4 Å². The van der Waals surface area contributed by atoms with E-state index >= 15 is 0 Å². The number of aliphatic hydroxyl groups is 1. The minimum Gasteiger partial charge on any atom is -0.392 e. The summed E-state index contributed by atoms with van der Waals surface area (Å²) in [6, 6.07) is 0. The molecule has 10 heavy (non-hydrogen) atoms. The highest BCUT2D eigenvalue weighted by atomic mass is 16.2. The van der Waals surface area contributed by atoms with Gasteiger partial charge in [0.15, 0.2) is 0 Å². The molecule has 1 N–H and O–H groups in total. The van der Waals surface area contributed by atoms with E-state index in [1.54, 1.807) is 6.08 Å². The summed E-state index contributed by atoms with van der Waals surface area (Å²) in [5.41, 5.74) is 0. The zero-order chi connectivity index (χ0) is 7.66. The Morgan fingerprint density at radius 1 is 1.10 bits per heavy atom. The highest BCUT2D eigenvalue weighted by Gasteiger charge is 1.71. The largest absolute Gasteiger partial charge is 0.392 e. The maximum Gasteiger partial charge on any atom is 0.0615 e. The molecule has 0 aromatic heterocycles. The predicted octanol–water partition coefficient (Wildman–Crippen LogP) is 2.06. The Hall–Kier alpha value is -0.820. The van der Waals surface area contributed by atoms with Crippen LogP contribution in [0.4, 0.5) is 0 Å². The molecule has 0 aromatic rings. The Bertz CT molecular complexity index is 123. The first-order valence-electron chi connectivity index (χ1n) is 3.45. The Kier molecular flexibility index (Phi) is 7.51. The molecule has 0 saturated heterocycles. The van der Waals surface area contributed by atoms with Crippen LogP contribution in [0.15, 0.2) is 37.0 Å². The van der Waals surface area contributed by atoms with Crippen molar-refractivity contribution >= 4 is 0 Å². The average molecular weight is 138 g/mol. The molecule has 0 bridgehead atoms. The van der Waals surface area contributed by atoms with Gasteiger partial charge in [-0.05, 0) is 12.8 Å². The fraction of sp³-hybridized carbons (Fsp3) is 0.333. The standard InChI is InChI=1S/C9H14O/c1-2-3-4-5-6-7-8-9-10/h2,5-8,10H,1,3-4,9H2/b6-5+,8-7+. The topological polar surface area (TPSA) is 20.2 Å². The van der Waals surface area contributed by atoms with Crippen LogP contribution in [0.3, 0.4) is 0 Å². The smallest absolute Gasteiger partial charge is 0.0615 e. The van der Waals surface area contributed by atoms with Crippen molar-refractivity contribution in [3.8, 4) is 0 Å². The zero-order valence-corrected chi connectivity index (χ0v) is 6.16. The van der Waals surface area contributed by atoms with Gasteiger partial charge in [-0.2, -0.15) is 0 Å². The van der Waals surface area contributed by atoms with Crippen LogP contribution in [-0.2, 0) is 0 Å². The van der Waals surface area contributed by atoms with Gasteiger partial charge >= 0.3 is 0 Å². The van der Waals surface area contributed by atoms with Crippen molar-refractivity contribution < 1.29 is 5.11 Å². The van der Waals surface area contributed by atoms with Gasteiger partial charge in [-0.25, -0.2) is 0 Å². The third-order valence-electron chi connectivity index (χ3n) is 1.03. The average Bonchev–Trinajstić information content (AvgIpc) is 1.97. The molecule has 0 heterocycles. The van der Waals surface area contributed by atoms with Gasteiger partial charge in [0, 0.05) is 0 Å². The first-order valence-corrected chi connectivity index (χ1v) is 3.45. The van der Waals surface area contributed by atoms with Gasteiger partial charge in [0.05, 0.1) is 6.61 Å². The molecule has 56 valence electrons. The van der Waals surface area contributed by atoms with Crippen LogP contribution in [0, 0.1) is 0 Å². The third-order valence-corrected chi connectivity index (χ3v) is 1.03. The molecular weight excluding hydrogens is 124 g/mol. The van der Waals surface area contributed by atoms with Gasteiger partial charge in [-0.15, -0.1) is 6.58 Å². The highest BCUT2D eigenvalue weighted by Crippen LogP contribution is 1.90. The van der Waals surface area contributed by atoms with E-state index in [0.29, 0.717) is 0 Å². The summed E-state index contributed by atoms with van der Waals surface area (Å²) >= 11 is 0. The number of unbranched alkanes of at least 4 members (excludes halogenated alkanes) is 1. The van der Waals surface area contributed by atoms with Gasteiger partial charge in [0.2, 0.25) is 0 Å². The van der Waals surface area contributed by atoms with Crippen molar-refractivity contribution in [3.05, 3.63) is 37.0 Å². The van der Waals surface area contributed by atoms with Gasteiger partial charge in [-0.3, -0.25) is 0 Å². The van der Waals surface area contributed by atoms with Gasteiger partial charge in [0.1, 0.15) is 0 Å². The molecule has 0 aromatic carbocycles. The highest BCUT2D eigenvalue weighted by molar-refractivity contribution is 5.02. The zero-order valence-electron chi connectivity index (χ0n) is 6.16. The summed E-state index contributed by atoms with van der Waals surface area (Å²) in [6.45, 7) is 3.72. The lowest BCUT2D eigenvalue weighted by Gasteiger charge is -1.81. The summed E-state index contributed by atoms with van der Waals surface area (Å²) in [6.07, 6.45) is 11.4. The molecule has 1 heteroatoms. The van der Waals surface area contributed by atoms with Crippen molar-refractivity contribution in [1.82, 2.24) is 0 Å². The summed E-state index contributed by atoms with van der Waals surface area (Å²) in [4.78, 5) is 0. The first kappa shape index (κ1) is 9.18. The van der Waals surface area contributed by atoms with Gasteiger partial charge in [-0.1, -0.05) is 30.4 Å². The van der Waals surface area contributed by atoms with Crippen molar-refractivity contribution in [2.24, 2.45) is 0 Å². The summed E-state index contributed by atoms with van der Waals surface area (Å²) < 4.78 is 0. The number of hydrogen-bond acceptors (Lipinski definition) is 1. The second-order valence-corrected chi connectivity index (χ2v) is 1.90. The molecule has 0 spiro atoms. The van der Waals surface area contributed by atoms with E-state index in [1.165, 1.54) is 0 Å². The number of rotatable bonds is 5. The van der Waals surface area contributed by atoms with E-state index in [4.69, 9.17) is 5.11 Å². The fourth-order valence-electron chi connectivity index (χ4n) is 0.528. The first-order chi connectivity index (χ1) is 4.91. The van der Waals surface area contributed by atoms with Crippen molar-refractivity contribution in [2.75, 3.05) is 6.61 Å². The fourth-order valence-corrected chi connectivity index (χ4v) is 0.528. The lowest BCUT2D eigenvalue weighted by molar-refractivity contribution is 0.343. The molecule has 0 unspecified atom stereocenters. The molecule has 0 aliphatic rings. The van der Waals surface area contributed by atoms with Crippen LogP contribution < -0.4 is 0 Å². The number of aliphatic hydroxyl groups excluding tert-OH is 1. The quantitative estimate of drug-likeness (QED) is 0.350. The lowest BCUT2D eigenvalue weighted by atomic mass is 10.3. The Morgan fingerprint density at radius 3 is 2.40 bits per heavy atom. The van der Waals surface area contributed by atoms with Crippen LogP contribution in [0.25, 0.3) is 0 Å². The van der Waals surface area contributed by atoms with E-state index in [1.807, 2.05) is 24.3 Å². The summed E-state index contributed by atoms with van der Waals surface area (Å²) in [7, 11) is 0. The van der Waals surface area contributed by atoms with Gasteiger partial charge in [0.25, 0.3) is 0 Å². The van der Waals surface area contributed by atoms with Gasteiger partial charge < -0.3 is 5.11 Å². The SMILES string of the molecule is C=CCC/C=C/C=C/CO. The molecule has 0 aliphatic heterocycles. The van der Waals surface area contributed by atoms with E-state index < -0.39 is 0 Å². The molecule has 0 aliphatic carbocycles. The summed E-state index contributed by atoms with van der Waals surface area (Å²) in [5.74, 6) is 0. The molecule has 1 nitrogen and oxygen atoms in total. The monoisotopic (exact) mass is 138 g/mol. The van der Waals surface area contributed by atoms with E-state index in [9.17, 15) is 0 Å². The van der Waals surface area contributed by atoms with Crippen LogP contribution >= 0.6 is 0 Å². The second-order valence-electron chi connectivity index (χ2n) is 1.90. The van der Waals surface area contributed by atoms with Crippen LogP contribution in [-0.4, -0.2) is 11.7 Å². The maximum absolute atomic E-state index is 8.33. The molecule has 0 saturated carbocycles. The van der Waals surface area contributed by atoms with Crippen molar-refractivity contribution in [3.63, 3.8) is 0 Å². The van der Waals surface area contributed by atoms with E-state index in [2.05, 4.69) is 6.58 Å². The van der Waals surface area contributed by atoms with Crippen molar-refractivity contribution in [1.29, 1.82) is 0 Å². The van der Waals surface area contributed by atoms with Crippen LogP contribution in [0.5, 0.6) is 0 Å². The van der Waals surface area contributed by atoms with E-state index in [0.717, 1.165) is 12.8 Å². The lowest BCUT2D eigenvalue weighted by Crippen LogP contribution is -1.67. The van der Waals surface area contributed by atoms with Crippen molar-refractivity contribution in [2.45, 2.75) is 12.8 Å². The number of hydrogen-bond donors (Lipinski definition) is 1. The second kappa shape index (κ2) is 8.18. The molecule has 0 amide bonds. The number of allylic oxidation sites excluding steroid dienone is 4. The summed E-state index contributed by atoms with van der Waals surface area (Å²) in [5, 5.41) is 8.33. The predicted molar refractivity (Wildman–Crippen MR) is 44.8 cm³/mol. The van der Waals surface area contributed by atoms with E-state index in [-0.39, 0.29) is 6.61 Å². The Morgan fingerprint density at radius 2 is 1.80 bits per heavy atom. The molecular formula is C9H14O. The molecule has 0 fully saturated rings. The molecule has 0 atom stereocenters. The maximum atomic E-state index is 8.33. The normalized spacial score (nSPS) is 11.3. The van der Waals surface area contributed by atoms with Crippen LogP contribution in [0.1, 0.15) is 12.8 Å². The third kappa shape index (κ3) is 7.18. The Balaban J connectivity index is 3.19. The minimum absolute atomic E-state index is 0.117. The molecule has 0 radical (unpaired) electrons. The minimum atomic E-state index is 0.117. The van der Waals surface area contributed by atoms with Crippen LogP contribution in [0.2, 0.25) is 0 Å².